The monoisotopic (exact) mass is 224 g/mol. The lowest BCUT2D eigenvalue weighted by atomic mass is 9.98. The van der Waals surface area contributed by atoms with Crippen LogP contribution in [0, 0.1) is 0 Å². The molecule has 1 N–H and O–H groups in total. The first-order valence-corrected chi connectivity index (χ1v) is 5.62. The molecule has 2 heteroatoms. The molecule has 0 heterocycles. The summed E-state index contributed by atoms with van der Waals surface area (Å²) in [5.74, 6) is -0.803. The van der Waals surface area contributed by atoms with Crippen molar-refractivity contribution in [1.82, 2.24) is 0 Å². The third-order valence-corrected chi connectivity index (χ3v) is 3.47. The third kappa shape index (κ3) is 1.37. The van der Waals surface area contributed by atoms with Crippen LogP contribution in [0.3, 0.4) is 0 Å². The van der Waals surface area contributed by atoms with Gasteiger partial charge in [-0.15, -0.1) is 0 Å². The van der Waals surface area contributed by atoms with E-state index in [-0.39, 0.29) is 0 Å². The fraction of sp³-hybridized carbons (Fsp3) is 0.133. The van der Waals surface area contributed by atoms with Crippen LogP contribution in [-0.2, 0) is 11.2 Å². The largest absolute Gasteiger partial charge is 0.478 e. The van der Waals surface area contributed by atoms with Gasteiger partial charge >= 0.3 is 5.97 Å². The van der Waals surface area contributed by atoms with Crippen LogP contribution in [0.1, 0.15) is 18.1 Å². The summed E-state index contributed by atoms with van der Waals surface area (Å²) < 4.78 is 0. The van der Waals surface area contributed by atoms with Gasteiger partial charge in [-0.2, -0.15) is 0 Å². The first-order valence-electron chi connectivity index (χ1n) is 5.62. The highest BCUT2D eigenvalue weighted by Gasteiger charge is 2.24. The number of carboxylic acid groups (broad SMARTS) is 1. The van der Waals surface area contributed by atoms with E-state index in [0.717, 1.165) is 27.5 Å². The molecule has 0 aliphatic heterocycles. The zero-order chi connectivity index (χ0) is 12.0. The van der Waals surface area contributed by atoms with E-state index in [4.69, 9.17) is 0 Å². The average molecular weight is 224 g/mol. The highest BCUT2D eigenvalue weighted by molar-refractivity contribution is 6.05. The minimum absolute atomic E-state index is 0.524. The van der Waals surface area contributed by atoms with E-state index in [1.165, 1.54) is 0 Å². The van der Waals surface area contributed by atoms with Crippen molar-refractivity contribution in [3.8, 4) is 0 Å². The first kappa shape index (κ1) is 10.1. The zero-order valence-electron chi connectivity index (χ0n) is 9.53. The molecule has 1 aliphatic carbocycles. The number of hydrogen-bond donors (Lipinski definition) is 1. The Balaban J connectivity index is 2.36. The Morgan fingerprint density at radius 3 is 2.71 bits per heavy atom. The number of benzene rings is 2. The molecule has 2 nitrogen and oxygen atoms in total. The normalized spacial score (nSPS) is 14.2. The molecule has 0 atom stereocenters. The van der Waals surface area contributed by atoms with Crippen LogP contribution in [0.5, 0.6) is 0 Å². The molecule has 0 bridgehead atoms. The van der Waals surface area contributed by atoms with Crippen molar-refractivity contribution in [3.63, 3.8) is 0 Å². The van der Waals surface area contributed by atoms with Crippen LogP contribution in [-0.4, -0.2) is 11.1 Å². The topological polar surface area (TPSA) is 37.3 Å². The van der Waals surface area contributed by atoms with Gasteiger partial charge in [0.1, 0.15) is 0 Å². The van der Waals surface area contributed by atoms with E-state index < -0.39 is 5.97 Å². The van der Waals surface area contributed by atoms with E-state index in [0.29, 0.717) is 12.0 Å². The van der Waals surface area contributed by atoms with Crippen molar-refractivity contribution in [1.29, 1.82) is 0 Å². The summed E-state index contributed by atoms with van der Waals surface area (Å²) in [6.45, 7) is 1.90. The Morgan fingerprint density at radius 2 is 1.94 bits per heavy atom. The molecule has 0 aromatic heterocycles. The van der Waals surface area contributed by atoms with Gasteiger partial charge in [-0.25, -0.2) is 4.79 Å². The molecule has 84 valence electrons. The number of carboxylic acids is 1. The van der Waals surface area contributed by atoms with Gasteiger partial charge < -0.3 is 5.11 Å². The molecule has 0 saturated carbocycles. The second kappa shape index (κ2) is 3.45. The summed E-state index contributed by atoms with van der Waals surface area (Å²) in [4.78, 5) is 11.2. The first-order chi connectivity index (χ1) is 8.18. The smallest absolute Gasteiger partial charge is 0.332 e. The van der Waals surface area contributed by atoms with Crippen molar-refractivity contribution < 1.29 is 9.90 Å². The van der Waals surface area contributed by atoms with Crippen LogP contribution in [0.25, 0.3) is 16.3 Å². The van der Waals surface area contributed by atoms with Crippen molar-refractivity contribution in [2.75, 3.05) is 0 Å². The van der Waals surface area contributed by atoms with Crippen molar-refractivity contribution in [3.05, 3.63) is 53.1 Å². The Bertz CT molecular complexity index is 666. The van der Waals surface area contributed by atoms with Crippen molar-refractivity contribution in [2.24, 2.45) is 0 Å². The summed E-state index contributed by atoms with van der Waals surface area (Å²) in [5.41, 5.74) is 3.67. The SMILES string of the molecule is CC1=C(C(=O)O)Cc2ccc3ccccc3c21. The lowest BCUT2D eigenvalue weighted by Gasteiger charge is -2.06. The van der Waals surface area contributed by atoms with Crippen LogP contribution < -0.4 is 0 Å². The van der Waals surface area contributed by atoms with Gasteiger partial charge in [0.15, 0.2) is 0 Å². The van der Waals surface area contributed by atoms with E-state index >= 15 is 0 Å². The summed E-state index contributed by atoms with van der Waals surface area (Å²) in [6.07, 6.45) is 0.543. The fourth-order valence-corrected chi connectivity index (χ4v) is 2.62. The lowest BCUT2D eigenvalue weighted by Crippen LogP contribution is -2.00. The van der Waals surface area contributed by atoms with E-state index in [9.17, 15) is 9.90 Å². The highest BCUT2D eigenvalue weighted by Crippen LogP contribution is 2.37. The molecule has 0 unspecified atom stereocenters. The third-order valence-electron chi connectivity index (χ3n) is 3.47. The molecule has 0 amide bonds. The molecule has 3 rings (SSSR count). The van der Waals surface area contributed by atoms with Crippen molar-refractivity contribution in [2.45, 2.75) is 13.3 Å². The average Bonchev–Trinajstić information content (AvgIpc) is 2.67. The molecule has 0 radical (unpaired) electrons. The molecule has 17 heavy (non-hydrogen) atoms. The van der Waals surface area contributed by atoms with Gasteiger partial charge in [-0.1, -0.05) is 36.4 Å². The summed E-state index contributed by atoms with van der Waals surface area (Å²) >= 11 is 0. The fourth-order valence-electron chi connectivity index (χ4n) is 2.62. The van der Waals surface area contributed by atoms with Crippen molar-refractivity contribution >= 4 is 22.3 Å². The predicted octanol–water partition coefficient (Wildman–Crippen LogP) is 3.25. The van der Waals surface area contributed by atoms with Gasteiger partial charge in [0, 0.05) is 12.0 Å². The molecule has 2 aromatic carbocycles. The number of fused-ring (bicyclic) bond motifs is 3. The zero-order valence-corrected chi connectivity index (χ0v) is 9.53. The molecule has 2 aromatic rings. The number of hydrogen-bond acceptors (Lipinski definition) is 1. The standard InChI is InChI=1S/C15H12O2/c1-9-13(15(16)17)8-11-7-6-10-4-2-3-5-12(10)14(9)11/h2-7H,8H2,1H3,(H,16,17). The minimum Gasteiger partial charge on any atom is -0.478 e. The lowest BCUT2D eigenvalue weighted by molar-refractivity contribution is -0.132. The maximum Gasteiger partial charge on any atom is 0.332 e. The van der Waals surface area contributed by atoms with Crippen LogP contribution in [0.2, 0.25) is 0 Å². The number of rotatable bonds is 1. The predicted molar refractivity (Wildman–Crippen MR) is 67.9 cm³/mol. The van der Waals surface area contributed by atoms with Gasteiger partial charge in [0.05, 0.1) is 0 Å². The van der Waals surface area contributed by atoms with Crippen LogP contribution in [0.15, 0.2) is 42.0 Å². The van der Waals surface area contributed by atoms with Gasteiger partial charge in [0.25, 0.3) is 0 Å². The van der Waals surface area contributed by atoms with E-state index in [2.05, 4.69) is 18.2 Å². The molecular formula is C15H12O2. The number of aliphatic carboxylic acids is 1. The Hall–Kier alpha value is -2.09. The highest BCUT2D eigenvalue weighted by atomic mass is 16.4. The number of allylic oxidation sites excluding steroid dienone is 1. The second-order valence-electron chi connectivity index (χ2n) is 4.41. The van der Waals surface area contributed by atoms with Gasteiger partial charge in [-0.3, -0.25) is 0 Å². The summed E-state index contributed by atoms with van der Waals surface area (Å²) in [6, 6.07) is 12.2. The summed E-state index contributed by atoms with van der Waals surface area (Å²) in [5, 5.41) is 11.5. The molecule has 0 saturated heterocycles. The van der Waals surface area contributed by atoms with Gasteiger partial charge in [0.2, 0.25) is 0 Å². The number of carbonyl (C=O) groups is 1. The molecule has 0 spiro atoms. The van der Waals surface area contributed by atoms with Crippen LogP contribution in [0.4, 0.5) is 0 Å². The maximum atomic E-state index is 11.2. The van der Waals surface area contributed by atoms with E-state index in [1.807, 2.05) is 25.1 Å². The van der Waals surface area contributed by atoms with E-state index in [1.54, 1.807) is 0 Å². The quantitative estimate of drug-likeness (QED) is 0.807. The molecular weight excluding hydrogens is 212 g/mol. The Morgan fingerprint density at radius 1 is 1.18 bits per heavy atom. The molecule has 1 aliphatic rings. The second-order valence-corrected chi connectivity index (χ2v) is 4.41. The van der Waals surface area contributed by atoms with Gasteiger partial charge in [-0.05, 0) is 34.4 Å². The van der Waals surface area contributed by atoms with Crippen LogP contribution >= 0.6 is 0 Å². The minimum atomic E-state index is -0.803. The Kier molecular flexibility index (Phi) is 2.05. The maximum absolute atomic E-state index is 11.2. The Labute approximate surface area is 99.2 Å². The summed E-state index contributed by atoms with van der Waals surface area (Å²) in [7, 11) is 0. The molecule has 0 fully saturated rings.